The second-order valence-corrected chi connectivity index (χ2v) is 11.3. The molecule has 0 spiro atoms. The molecule has 1 aromatic rings. The van der Waals surface area contributed by atoms with Crippen molar-refractivity contribution < 1.29 is 27.1 Å². The number of amides is 1. The number of hydrogen-bond donors (Lipinski definition) is 1. The van der Waals surface area contributed by atoms with Gasteiger partial charge < -0.3 is 14.8 Å². The maximum absolute atomic E-state index is 13.9. The van der Waals surface area contributed by atoms with Crippen LogP contribution in [0.25, 0.3) is 0 Å². The average Bonchev–Trinajstić information content (AvgIpc) is 2.82. The van der Waals surface area contributed by atoms with Crippen LogP contribution in [0.4, 0.5) is 4.39 Å². The molecule has 194 valence electrons. The molecule has 0 unspecified atom stereocenters. The SMILES string of the molecule is CCCS(=O)(=O)N1CCN(C2(CNC(=O)c3c(OC)cc(F)cc3SC)CCOCC2)CC1.Cl. The highest BCUT2D eigenvalue weighted by Crippen LogP contribution is 2.32. The Morgan fingerprint density at radius 2 is 1.88 bits per heavy atom. The molecule has 0 atom stereocenters. The zero-order valence-corrected chi connectivity index (χ0v) is 22.4. The lowest BCUT2D eigenvalue weighted by atomic mass is 9.87. The number of thioether (sulfide) groups is 1. The molecule has 0 saturated carbocycles. The number of halogens is 2. The molecule has 2 aliphatic rings. The van der Waals surface area contributed by atoms with Gasteiger partial charge in [-0.3, -0.25) is 9.69 Å². The van der Waals surface area contributed by atoms with Crippen molar-refractivity contribution >= 4 is 40.1 Å². The fourth-order valence-corrected chi connectivity index (χ4v) is 6.74. The van der Waals surface area contributed by atoms with Gasteiger partial charge in [-0.15, -0.1) is 24.2 Å². The molecule has 3 rings (SSSR count). The Bertz CT molecular complexity index is 911. The van der Waals surface area contributed by atoms with E-state index >= 15 is 0 Å². The van der Waals surface area contributed by atoms with E-state index in [2.05, 4.69) is 10.2 Å². The molecule has 0 aromatic heterocycles. The second-order valence-electron chi connectivity index (χ2n) is 8.41. The summed E-state index contributed by atoms with van der Waals surface area (Å²) in [5.74, 6) is -0.400. The maximum atomic E-state index is 13.9. The van der Waals surface area contributed by atoms with Crippen molar-refractivity contribution in [2.24, 2.45) is 0 Å². The zero-order valence-electron chi connectivity index (χ0n) is 20.0. The molecule has 0 aliphatic carbocycles. The van der Waals surface area contributed by atoms with E-state index in [-0.39, 0.29) is 35.4 Å². The van der Waals surface area contributed by atoms with E-state index in [0.29, 0.717) is 62.8 Å². The Kier molecular flexibility index (Phi) is 10.9. The maximum Gasteiger partial charge on any atom is 0.256 e. The van der Waals surface area contributed by atoms with Gasteiger partial charge in [-0.1, -0.05) is 6.92 Å². The van der Waals surface area contributed by atoms with Gasteiger partial charge in [-0.2, -0.15) is 4.31 Å². The number of sulfonamides is 1. The van der Waals surface area contributed by atoms with Crippen LogP contribution < -0.4 is 10.1 Å². The highest BCUT2D eigenvalue weighted by Gasteiger charge is 2.41. The van der Waals surface area contributed by atoms with Crippen molar-refractivity contribution in [1.29, 1.82) is 0 Å². The fourth-order valence-electron chi connectivity index (χ4n) is 4.62. The van der Waals surface area contributed by atoms with E-state index in [1.54, 1.807) is 10.6 Å². The van der Waals surface area contributed by atoms with E-state index in [0.717, 1.165) is 12.8 Å². The number of nitrogens with zero attached hydrogens (tertiary/aromatic N) is 2. The van der Waals surface area contributed by atoms with E-state index in [1.165, 1.54) is 31.0 Å². The molecule has 1 aromatic carbocycles. The number of nitrogens with one attached hydrogen (secondary N) is 1. The first-order valence-corrected chi connectivity index (χ1v) is 14.1. The van der Waals surface area contributed by atoms with Crippen molar-refractivity contribution in [3.63, 3.8) is 0 Å². The van der Waals surface area contributed by atoms with Crippen molar-refractivity contribution in [3.05, 3.63) is 23.5 Å². The lowest BCUT2D eigenvalue weighted by Gasteiger charge is -2.49. The van der Waals surface area contributed by atoms with Crippen LogP contribution in [0, 0.1) is 5.82 Å². The molecule has 2 aliphatic heterocycles. The summed E-state index contributed by atoms with van der Waals surface area (Å²) in [5, 5.41) is 3.05. The largest absolute Gasteiger partial charge is 0.496 e. The summed E-state index contributed by atoms with van der Waals surface area (Å²) < 4.78 is 51.3. The van der Waals surface area contributed by atoms with Crippen molar-refractivity contribution in [1.82, 2.24) is 14.5 Å². The van der Waals surface area contributed by atoms with E-state index < -0.39 is 15.8 Å². The smallest absolute Gasteiger partial charge is 0.256 e. The molecule has 2 fully saturated rings. The van der Waals surface area contributed by atoms with Gasteiger partial charge in [0.15, 0.2) is 0 Å². The van der Waals surface area contributed by atoms with Crippen LogP contribution >= 0.6 is 24.2 Å². The molecule has 1 N–H and O–H groups in total. The predicted octanol–water partition coefficient (Wildman–Crippen LogP) is 2.61. The minimum absolute atomic E-state index is 0. The number of rotatable bonds is 9. The highest BCUT2D eigenvalue weighted by molar-refractivity contribution is 7.98. The number of carbonyl (C=O) groups is 1. The topological polar surface area (TPSA) is 88.2 Å². The zero-order chi connectivity index (χ0) is 24.1. The Morgan fingerprint density at radius 1 is 1.24 bits per heavy atom. The van der Waals surface area contributed by atoms with Crippen LogP contribution in [0.1, 0.15) is 36.5 Å². The molecule has 12 heteroatoms. The molecule has 8 nitrogen and oxygen atoms in total. The number of ether oxygens (including phenoxy) is 2. The van der Waals surface area contributed by atoms with Crippen LogP contribution in [-0.4, -0.2) is 94.1 Å². The van der Waals surface area contributed by atoms with E-state index in [9.17, 15) is 17.6 Å². The normalized spacial score (nSPS) is 19.3. The molecular weight excluding hydrogens is 505 g/mol. The minimum atomic E-state index is -3.22. The van der Waals surface area contributed by atoms with Gasteiger partial charge in [0.1, 0.15) is 11.6 Å². The molecular formula is C22H35ClFN3O5S2. The number of piperazine rings is 1. The third-order valence-electron chi connectivity index (χ3n) is 6.46. The Morgan fingerprint density at radius 3 is 2.44 bits per heavy atom. The lowest BCUT2D eigenvalue weighted by molar-refractivity contribution is -0.0385. The summed E-state index contributed by atoms with van der Waals surface area (Å²) in [7, 11) is -1.80. The van der Waals surface area contributed by atoms with Crippen molar-refractivity contribution in [2.75, 3.05) is 65.1 Å². The van der Waals surface area contributed by atoms with Gasteiger partial charge in [-0.05, 0) is 31.6 Å². The summed E-state index contributed by atoms with van der Waals surface area (Å²) in [4.78, 5) is 16.0. The van der Waals surface area contributed by atoms with Crippen LogP contribution in [0.2, 0.25) is 0 Å². The second kappa shape index (κ2) is 12.7. The van der Waals surface area contributed by atoms with Gasteiger partial charge in [0, 0.05) is 62.4 Å². The molecule has 0 radical (unpaired) electrons. The number of methoxy groups -OCH3 is 1. The predicted molar refractivity (Wildman–Crippen MR) is 134 cm³/mol. The average molecular weight is 540 g/mol. The Balaban J connectivity index is 0.00000408. The molecule has 1 amide bonds. The molecule has 2 saturated heterocycles. The number of benzene rings is 1. The Hall–Kier alpha value is -1.11. The van der Waals surface area contributed by atoms with Gasteiger partial charge in [0.25, 0.3) is 5.91 Å². The highest BCUT2D eigenvalue weighted by atomic mass is 35.5. The fraction of sp³-hybridized carbons (Fsp3) is 0.682. The standard InChI is InChI=1S/C22H34FN3O5S2.ClH/c1-4-13-33(28,29)26-9-7-25(8-10-26)22(5-11-31-12-6-22)16-24-21(27)20-18(30-2)14-17(23)15-19(20)32-3;/h14-15H,4-13,16H2,1-3H3,(H,24,27);1H. The number of carbonyl (C=O) groups excluding carboxylic acids is 1. The first-order chi connectivity index (χ1) is 15.8. The van der Waals surface area contributed by atoms with Gasteiger partial charge >= 0.3 is 0 Å². The third kappa shape index (κ3) is 6.55. The lowest BCUT2D eigenvalue weighted by Crippen LogP contribution is -2.63. The molecule has 0 bridgehead atoms. The first-order valence-electron chi connectivity index (χ1n) is 11.3. The van der Waals surface area contributed by atoms with E-state index in [4.69, 9.17) is 9.47 Å². The van der Waals surface area contributed by atoms with Gasteiger partial charge in [0.05, 0.1) is 18.4 Å². The first kappa shape index (κ1) is 29.1. The third-order valence-corrected chi connectivity index (χ3v) is 9.30. The molecule has 2 heterocycles. The summed E-state index contributed by atoms with van der Waals surface area (Å²) in [5.41, 5.74) is 0.00508. The Labute approximate surface area is 212 Å². The van der Waals surface area contributed by atoms with Crippen molar-refractivity contribution in [3.8, 4) is 5.75 Å². The minimum Gasteiger partial charge on any atom is -0.496 e. The van der Waals surface area contributed by atoms with Crippen molar-refractivity contribution in [2.45, 2.75) is 36.6 Å². The van der Waals surface area contributed by atoms with Crippen LogP contribution in [0.15, 0.2) is 17.0 Å². The quantitative estimate of drug-likeness (QED) is 0.483. The summed E-state index contributed by atoms with van der Waals surface area (Å²) in [6.07, 6.45) is 3.87. The van der Waals surface area contributed by atoms with Gasteiger partial charge in [-0.25, -0.2) is 12.8 Å². The monoisotopic (exact) mass is 539 g/mol. The van der Waals surface area contributed by atoms with Crippen LogP contribution in [0.3, 0.4) is 0 Å². The summed E-state index contributed by atoms with van der Waals surface area (Å²) in [6, 6.07) is 2.55. The van der Waals surface area contributed by atoms with E-state index in [1.807, 2.05) is 6.92 Å². The van der Waals surface area contributed by atoms with Gasteiger partial charge in [0.2, 0.25) is 10.0 Å². The summed E-state index contributed by atoms with van der Waals surface area (Å²) in [6.45, 7) is 5.53. The summed E-state index contributed by atoms with van der Waals surface area (Å²) >= 11 is 1.29. The van der Waals surface area contributed by atoms with Crippen LogP contribution in [0.5, 0.6) is 5.75 Å². The van der Waals surface area contributed by atoms with Crippen LogP contribution in [-0.2, 0) is 14.8 Å². The number of hydrogen-bond acceptors (Lipinski definition) is 7. The molecule has 34 heavy (non-hydrogen) atoms.